The van der Waals surface area contributed by atoms with Gasteiger partial charge in [0, 0.05) is 7.05 Å². The Hall–Kier alpha value is -1.55. The van der Waals surface area contributed by atoms with Crippen molar-refractivity contribution < 1.29 is 14.7 Å². The zero-order valence-electron chi connectivity index (χ0n) is 10.0. The summed E-state index contributed by atoms with van der Waals surface area (Å²) in [6.07, 6.45) is -0.698. The third-order valence-electron chi connectivity index (χ3n) is 2.30. The maximum atomic E-state index is 11.4. The molecule has 0 saturated heterocycles. The highest BCUT2D eigenvalue weighted by Crippen LogP contribution is 2.20. The Balaban J connectivity index is 2.77. The van der Waals surface area contributed by atoms with E-state index in [0.29, 0.717) is 10.8 Å². The van der Waals surface area contributed by atoms with Crippen molar-refractivity contribution in [1.82, 2.24) is 5.06 Å². The summed E-state index contributed by atoms with van der Waals surface area (Å²) in [6.45, 7) is 5.52. The number of aryl methyl sites for hydroxylation is 2. The number of hydrogen-bond acceptors (Lipinski definition) is 3. The summed E-state index contributed by atoms with van der Waals surface area (Å²) in [6, 6.07) is 5.73. The maximum absolute atomic E-state index is 11.4. The predicted molar refractivity (Wildman–Crippen MR) is 60.6 cm³/mol. The average molecular weight is 223 g/mol. The van der Waals surface area contributed by atoms with Crippen LogP contribution < -0.4 is 4.74 Å². The van der Waals surface area contributed by atoms with Crippen molar-refractivity contribution in [3.63, 3.8) is 0 Å². The van der Waals surface area contributed by atoms with Gasteiger partial charge in [-0.25, -0.2) is 5.06 Å². The SMILES string of the molecule is Cc1ccc(OC(C)C(=O)N(C)O)c(C)c1. The van der Waals surface area contributed by atoms with Gasteiger partial charge >= 0.3 is 0 Å². The van der Waals surface area contributed by atoms with Crippen LogP contribution in [0.15, 0.2) is 18.2 Å². The molecule has 4 nitrogen and oxygen atoms in total. The summed E-state index contributed by atoms with van der Waals surface area (Å²) >= 11 is 0. The van der Waals surface area contributed by atoms with Crippen LogP contribution >= 0.6 is 0 Å². The highest BCUT2D eigenvalue weighted by atomic mass is 16.5. The summed E-state index contributed by atoms with van der Waals surface area (Å²) < 4.78 is 5.47. The number of amides is 1. The van der Waals surface area contributed by atoms with Crippen LogP contribution in [-0.4, -0.2) is 29.3 Å². The second-order valence-electron chi connectivity index (χ2n) is 3.89. The highest BCUT2D eigenvalue weighted by molar-refractivity contribution is 5.79. The lowest BCUT2D eigenvalue weighted by atomic mass is 10.1. The van der Waals surface area contributed by atoms with E-state index in [0.717, 1.165) is 11.1 Å². The molecule has 0 spiro atoms. The van der Waals surface area contributed by atoms with Gasteiger partial charge in [0.1, 0.15) is 5.75 Å². The van der Waals surface area contributed by atoms with Gasteiger partial charge in [0.2, 0.25) is 0 Å². The first-order chi connectivity index (χ1) is 7.41. The van der Waals surface area contributed by atoms with Crippen LogP contribution in [0.5, 0.6) is 5.75 Å². The molecule has 0 aliphatic carbocycles. The second kappa shape index (κ2) is 4.99. The molecule has 1 aromatic rings. The van der Waals surface area contributed by atoms with Gasteiger partial charge in [-0.2, -0.15) is 0 Å². The molecule has 4 heteroatoms. The second-order valence-corrected chi connectivity index (χ2v) is 3.89. The Morgan fingerprint density at radius 2 is 2.06 bits per heavy atom. The number of rotatable bonds is 3. The zero-order valence-corrected chi connectivity index (χ0v) is 10.0. The van der Waals surface area contributed by atoms with Crippen molar-refractivity contribution in [3.05, 3.63) is 29.3 Å². The third kappa shape index (κ3) is 2.97. The van der Waals surface area contributed by atoms with Gasteiger partial charge in [-0.15, -0.1) is 0 Å². The van der Waals surface area contributed by atoms with E-state index in [1.165, 1.54) is 7.05 Å². The topological polar surface area (TPSA) is 49.8 Å². The van der Waals surface area contributed by atoms with Gasteiger partial charge in [0.05, 0.1) is 0 Å². The van der Waals surface area contributed by atoms with E-state index in [-0.39, 0.29) is 0 Å². The van der Waals surface area contributed by atoms with E-state index in [1.807, 2.05) is 32.0 Å². The lowest BCUT2D eigenvalue weighted by Crippen LogP contribution is -2.35. The molecular weight excluding hydrogens is 206 g/mol. The number of hydrogen-bond donors (Lipinski definition) is 1. The number of nitrogens with zero attached hydrogens (tertiary/aromatic N) is 1. The summed E-state index contributed by atoms with van der Waals surface area (Å²) in [5, 5.41) is 9.52. The predicted octanol–water partition coefficient (Wildman–Crippen LogP) is 1.92. The van der Waals surface area contributed by atoms with Gasteiger partial charge in [0.25, 0.3) is 5.91 Å². The molecule has 0 heterocycles. The Morgan fingerprint density at radius 1 is 1.44 bits per heavy atom. The summed E-state index contributed by atoms with van der Waals surface area (Å²) in [4.78, 5) is 11.4. The van der Waals surface area contributed by atoms with Crippen LogP contribution in [0, 0.1) is 13.8 Å². The summed E-state index contributed by atoms with van der Waals surface area (Å²) in [7, 11) is 1.28. The fourth-order valence-electron chi connectivity index (χ4n) is 1.44. The van der Waals surface area contributed by atoms with Gasteiger partial charge in [-0.3, -0.25) is 10.0 Å². The van der Waals surface area contributed by atoms with Gasteiger partial charge in [0.15, 0.2) is 6.10 Å². The number of hydroxylamine groups is 2. The molecule has 0 aliphatic rings. The molecule has 1 rings (SSSR count). The largest absolute Gasteiger partial charge is 0.481 e. The van der Waals surface area contributed by atoms with Crippen molar-refractivity contribution in [2.75, 3.05) is 7.05 Å². The van der Waals surface area contributed by atoms with Crippen LogP contribution in [0.3, 0.4) is 0 Å². The smallest absolute Gasteiger partial charge is 0.286 e. The molecular formula is C12H17NO3. The molecule has 0 aliphatic heterocycles. The number of carbonyl (C=O) groups excluding carboxylic acids is 1. The average Bonchev–Trinajstić information content (AvgIpc) is 2.20. The Morgan fingerprint density at radius 3 is 2.56 bits per heavy atom. The monoisotopic (exact) mass is 223 g/mol. The van der Waals surface area contributed by atoms with E-state index in [4.69, 9.17) is 9.94 Å². The molecule has 88 valence electrons. The molecule has 1 amide bonds. The Labute approximate surface area is 95.4 Å². The minimum Gasteiger partial charge on any atom is -0.481 e. The summed E-state index contributed by atoms with van der Waals surface area (Å²) in [5.41, 5.74) is 2.11. The zero-order chi connectivity index (χ0) is 12.3. The lowest BCUT2D eigenvalue weighted by molar-refractivity contribution is -0.166. The molecule has 1 aromatic carbocycles. The maximum Gasteiger partial charge on any atom is 0.286 e. The van der Waals surface area contributed by atoms with Crippen molar-refractivity contribution in [2.24, 2.45) is 0 Å². The fraction of sp³-hybridized carbons (Fsp3) is 0.417. The van der Waals surface area contributed by atoms with Crippen molar-refractivity contribution in [1.29, 1.82) is 0 Å². The van der Waals surface area contributed by atoms with E-state index in [9.17, 15) is 4.79 Å². The first kappa shape index (κ1) is 12.5. The quantitative estimate of drug-likeness (QED) is 0.629. The molecule has 0 radical (unpaired) electrons. The molecule has 1 atom stereocenters. The van der Waals surface area contributed by atoms with Crippen molar-refractivity contribution in [3.8, 4) is 5.75 Å². The third-order valence-corrected chi connectivity index (χ3v) is 2.30. The molecule has 0 fully saturated rings. The normalized spacial score (nSPS) is 12.1. The highest BCUT2D eigenvalue weighted by Gasteiger charge is 2.18. The van der Waals surface area contributed by atoms with Crippen LogP contribution in [-0.2, 0) is 4.79 Å². The lowest BCUT2D eigenvalue weighted by Gasteiger charge is -2.18. The number of likely N-dealkylation sites (N-methyl/N-ethyl adjacent to an activating group) is 1. The Bertz CT molecular complexity index is 388. The van der Waals surface area contributed by atoms with E-state index >= 15 is 0 Å². The summed E-state index contributed by atoms with van der Waals surface area (Å²) in [5.74, 6) is 0.188. The molecule has 0 aromatic heterocycles. The van der Waals surface area contributed by atoms with E-state index in [1.54, 1.807) is 6.92 Å². The van der Waals surface area contributed by atoms with Crippen molar-refractivity contribution >= 4 is 5.91 Å². The number of benzene rings is 1. The molecule has 0 saturated carbocycles. The first-order valence-electron chi connectivity index (χ1n) is 5.12. The number of carbonyl (C=O) groups is 1. The molecule has 16 heavy (non-hydrogen) atoms. The molecule has 0 bridgehead atoms. The standard InChI is InChI=1S/C12H17NO3/c1-8-5-6-11(9(2)7-8)16-10(3)12(14)13(4)15/h5-7,10,15H,1-4H3. The Kier molecular flexibility index (Phi) is 3.90. The first-order valence-corrected chi connectivity index (χ1v) is 5.12. The van der Waals surface area contributed by atoms with Crippen LogP contribution in [0.4, 0.5) is 0 Å². The van der Waals surface area contributed by atoms with Gasteiger partial charge < -0.3 is 4.74 Å². The van der Waals surface area contributed by atoms with Crippen LogP contribution in [0.2, 0.25) is 0 Å². The van der Waals surface area contributed by atoms with Gasteiger partial charge in [-0.05, 0) is 32.4 Å². The van der Waals surface area contributed by atoms with Crippen LogP contribution in [0.25, 0.3) is 0 Å². The van der Waals surface area contributed by atoms with Crippen molar-refractivity contribution in [2.45, 2.75) is 26.9 Å². The molecule has 1 N–H and O–H groups in total. The van der Waals surface area contributed by atoms with E-state index < -0.39 is 12.0 Å². The van der Waals surface area contributed by atoms with Crippen LogP contribution in [0.1, 0.15) is 18.1 Å². The van der Waals surface area contributed by atoms with E-state index in [2.05, 4.69) is 0 Å². The number of ether oxygens (including phenoxy) is 1. The minimum atomic E-state index is -0.698. The van der Waals surface area contributed by atoms with Gasteiger partial charge in [-0.1, -0.05) is 17.7 Å². The minimum absolute atomic E-state index is 0.472. The fourth-order valence-corrected chi connectivity index (χ4v) is 1.44. The molecule has 1 unspecified atom stereocenters.